The third kappa shape index (κ3) is 3.23. The van der Waals surface area contributed by atoms with E-state index in [-0.39, 0.29) is 29.6 Å². The van der Waals surface area contributed by atoms with Gasteiger partial charge in [0, 0.05) is 35.0 Å². The molecule has 118 valence electrons. The fraction of sp³-hybridized carbons (Fsp3) is 0.500. The number of amides is 2. The van der Waals surface area contributed by atoms with E-state index in [0.717, 1.165) is 12.0 Å². The van der Waals surface area contributed by atoms with Crippen LogP contribution in [-0.2, 0) is 9.59 Å². The van der Waals surface area contributed by atoms with E-state index in [2.05, 4.69) is 0 Å². The van der Waals surface area contributed by atoms with Crippen LogP contribution in [0.5, 0.6) is 0 Å². The maximum Gasteiger partial charge on any atom is 0.226 e. The minimum Gasteiger partial charge on any atom is -0.369 e. The van der Waals surface area contributed by atoms with Crippen LogP contribution in [0.15, 0.2) is 18.2 Å². The molecule has 1 saturated carbocycles. The molecule has 2 unspecified atom stereocenters. The maximum atomic E-state index is 12.5. The fourth-order valence-corrected chi connectivity index (χ4v) is 3.79. The summed E-state index contributed by atoms with van der Waals surface area (Å²) in [4.78, 5) is 25.6. The zero-order valence-corrected chi connectivity index (χ0v) is 13.6. The molecule has 6 heteroatoms. The number of rotatable bonds is 3. The van der Waals surface area contributed by atoms with Gasteiger partial charge in [-0.3, -0.25) is 9.59 Å². The van der Waals surface area contributed by atoms with Gasteiger partial charge in [-0.05, 0) is 48.9 Å². The van der Waals surface area contributed by atoms with E-state index in [4.69, 9.17) is 28.9 Å². The van der Waals surface area contributed by atoms with Gasteiger partial charge in [-0.25, -0.2) is 0 Å². The van der Waals surface area contributed by atoms with Gasteiger partial charge in [-0.1, -0.05) is 23.2 Å². The van der Waals surface area contributed by atoms with Crippen molar-refractivity contribution in [2.75, 3.05) is 13.1 Å². The predicted molar refractivity (Wildman–Crippen MR) is 85.8 cm³/mol. The zero-order valence-electron chi connectivity index (χ0n) is 12.1. The third-order valence-electron chi connectivity index (χ3n) is 4.63. The van der Waals surface area contributed by atoms with E-state index in [9.17, 15) is 9.59 Å². The van der Waals surface area contributed by atoms with Gasteiger partial charge >= 0.3 is 0 Å². The summed E-state index contributed by atoms with van der Waals surface area (Å²) in [6, 6.07) is 5.45. The standard InChI is InChI=1S/C16H18Cl2N2O2/c17-11-5-10(6-12(18)7-11)13-8-14(13)16(22)20-3-1-9(2-4-20)15(19)21/h5-7,9,13-14H,1-4,8H2,(H2,19,21). The first-order chi connectivity index (χ1) is 10.5. The van der Waals surface area contributed by atoms with Crippen LogP contribution >= 0.6 is 23.2 Å². The summed E-state index contributed by atoms with van der Waals surface area (Å²) in [6.07, 6.45) is 2.17. The second kappa shape index (κ2) is 6.09. The number of hydrogen-bond donors (Lipinski definition) is 1. The second-order valence-electron chi connectivity index (χ2n) is 6.15. The molecule has 4 nitrogen and oxygen atoms in total. The normalized spacial score (nSPS) is 25.1. The Morgan fingerprint density at radius 3 is 2.23 bits per heavy atom. The molecule has 2 atom stereocenters. The molecule has 2 fully saturated rings. The van der Waals surface area contributed by atoms with E-state index >= 15 is 0 Å². The van der Waals surface area contributed by atoms with Crippen molar-refractivity contribution in [1.29, 1.82) is 0 Å². The Hall–Kier alpha value is -1.26. The Morgan fingerprint density at radius 1 is 1.09 bits per heavy atom. The number of benzene rings is 1. The number of primary amides is 1. The Kier molecular flexibility index (Phi) is 4.33. The smallest absolute Gasteiger partial charge is 0.226 e. The molecular weight excluding hydrogens is 323 g/mol. The van der Waals surface area contributed by atoms with Gasteiger partial charge in [-0.15, -0.1) is 0 Å². The number of likely N-dealkylation sites (tertiary alicyclic amines) is 1. The molecule has 1 aliphatic carbocycles. The lowest BCUT2D eigenvalue weighted by Crippen LogP contribution is -2.42. The molecule has 1 saturated heterocycles. The number of piperidine rings is 1. The van der Waals surface area contributed by atoms with Gasteiger partial charge in [0.25, 0.3) is 0 Å². The van der Waals surface area contributed by atoms with Crippen molar-refractivity contribution in [2.45, 2.75) is 25.2 Å². The molecule has 0 aromatic heterocycles. The summed E-state index contributed by atoms with van der Waals surface area (Å²) in [5.41, 5.74) is 6.35. The lowest BCUT2D eigenvalue weighted by molar-refractivity contribution is -0.136. The maximum absolute atomic E-state index is 12.5. The number of halogens is 2. The van der Waals surface area contributed by atoms with Crippen molar-refractivity contribution in [3.63, 3.8) is 0 Å². The molecule has 3 rings (SSSR count). The van der Waals surface area contributed by atoms with Gasteiger partial charge < -0.3 is 10.6 Å². The van der Waals surface area contributed by atoms with Crippen molar-refractivity contribution in [3.8, 4) is 0 Å². The van der Waals surface area contributed by atoms with Crippen molar-refractivity contribution >= 4 is 35.0 Å². The molecule has 1 heterocycles. The van der Waals surface area contributed by atoms with Gasteiger partial charge in [0.15, 0.2) is 0 Å². The van der Waals surface area contributed by atoms with Crippen LogP contribution in [0.4, 0.5) is 0 Å². The summed E-state index contributed by atoms with van der Waals surface area (Å²) < 4.78 is 0. The molecule has 2 amide bonds. The van der Waals surface area contributed by atoms with E-state index in [1.165, 1.54) is 0 Å². The van der Waals surface area contributed by atoms with Crippen molar-refractivity contribution in [1.82, 2.24) is 4.90 Å². The Bertz CT molecular complexity index is 592. The molecular formula is C16H18Cl2N2O2. The minimum atomic E-state index is -0.259. The molecule has 1 aromatic rings. The number of nitrogens with zero attached hydrogens (tertiary/aromatic N) is 1. The molecule has 1 aliphatic heterocycles. The van der Waals surface area contributed by atoms with E-state index < -0.39 is 0 Å². The SMILES string of the molecule is NC(=O)C1CCN(C(=O)C2CC2c2cc(Cl)cc(Cl)c2)CC1. The fourth-order valence-electron chi connectivity index (χ4n) is 3.24. The predicted octanol–water partition coefficient (Wildman–Crippen LogP) is 2.82. The van der Waals surface area contributed by atoms with Crippen LogP contribution in [-0.4, -0.2) is 29.8 Å². The van der Waals surface area contributed by atoms with Gasteiger partial charge in [-0.2, -0.15) is 0 Å². The first-order valence-corrected chi connectivity index (χ1v) is 8.25. The highest BCUT2D eigenvalue weighted by Gasteiger charge is 2.46. The van der Waals surface area contributed by atoms with Crippen LogP contribution in [0, 0.1) is 11.8 Å². The van der Waals surface area contributed by atoms with E-state index in [1.54, 1.807) is 6.07 Å². The third-order valence-corrected chi connectivity index (χ3v) is 5.07. The van der Waals surface area contributed by atoms with Gasteiger partial charge in [0.1, 0.15) is 0 Å². The van der Waals surface area contributed by atoms with E-state index in [1.807, 2.05) is 17.0 Å². The van der Waals surface area contributed by atoms with Crippen LogP contribution in [0.3, 0.4) is 0 Å². The van der Waals surface area contributed by atoms with Crippen LogP contribution < -0.4 is 5.73 Å². The Labute approximate surface area is 139 Å². The quantitative estimate of drug-likeness (QED) is 0.919. The Balaban J connectivity index is 1.60. The topological polar surface area (TPSA) is 63.4 Å². The van der Waals surface area contributed by atoms with E-state index in [0.29, 0.717) is 36.0 Å². The van der Waals surface area contributed by atoms with Crippen molar-refractivity contribution in [3.05, 3.63) is 33.8 Å². The molecule has 2 aliphatic rings. The lowest BCUT2D eigenvalue weighted by Gasteiger charge is -2.30. The monoisotopic (exact) mass is 340 g/mol. The Morgan fingerprint density at radius 2 is 1.68 bits per heavy atom. The highest BCUT2D eigenvalue weighted by molar-refractivity contribution is 6.34. The second-order valence-corrected chi connectivity index (χ2v) is 7.03. The number of carbonyl (C=O) groups excluding carboxylic acids is 2. The number of carbonyl (C=O) groups is 2. The average Bonchev–Trinajstić information content (AvgIpc) is 3.26. The van der Waals surface area contributed by atoms with Crippen LogP contribution in [0.2, 0.25) is 10.0 Å². The van der Waals surface area contributed by atoms with Crippen LogP contribution in [0.25, 0.3) is 0 Å². The molecule has 0 spiro atoms. The first-order valence-electron chi connectivity index (χ1n) is 7.50. The minimum absolute atomic E-state index is 0.0136. The van der Waals surface area contributed by atoms with Crippen molar-refractivity contribution < 1.29 is 9.59 Å². The number of nitrogens with two attached hydrogens (primary N) is 1. The molecule has 1 aromatic carbocycles. The average molecular weight is 341 g/mol. The lowest BCUT2D eigenvalue weighted by atomic mass is 9.96. The molecule has 0 radical (unpaired) electrons. The summed E-state index contributed by atoms with van der Waals surface area (Å²) >= 11 is 12.0. The number of hydrogen-bond acceptors (Lipinski definition) is 2. The summed E-state index contributed by atoms with van der Waals surface area (Å²) in [6.45, 7) is 1.23. The van der Waals surface area contributed by atoms with Crippen LogP contribution in [0.1, 0.15) is 30.7 Å². The van der Waals surface area contributed by atoms with Gasteiger partial charge in [0.05, 0.1) is 0 Å². The highest BCUT2D eigenvalue weighted by atomic mass is 35.5. The summed E-state index contributed by atoms with van der Waals surface area (Å²) in [7, 11) is 0. The summed E-state index contributed by atoms with van der Waals surface area (Å²) in [5.74, 6) is 0.0389. The first kappa shape index (κ1) is 15.6. The summed E-state index contributed by atoms with van der Waals surface area (Å²) in [5, 5.41) is 1.20. The molecule has 0 bridgehead atoms. The zero-order chi connectivity index (χ0) is 15.9. The largest absolute Gasteiger partial charge is 0.369 e. The van der Waals surface area contributed by atoms with Gasteiger partial charge in [0.2, 0.25) is 11.8 Å². The highest BCUT2D eigenvalue weighted by Crippen LogP contribution is 2.49. The molecule has 2 N–H and O–H groups in total. The van der Waals surface area contributed by atoms with Crippen molar-refractivity contribution in [2.24, 2.45) is 17.6 Å². The molecule has 22 heavy (non-hydrogen) atoms.